The van der Waals surface area contributed by atoms with Gasteiger partial charge in [-0.3, -0.25) is 4.90 Å². The second-order valence-corrected chi connectivity index (χ2v) is 6.51. The Morgan fingerprint density at radius 2 is 1.95 bits per heavy atom. The Morgan fingerprint density at radius 3 is 2.42 bits per heavy atom. The van der Waals surface area contributed by atoms with Crippen molar-refractivity contribution in [1.29, 1.82) is 0 Å². The monoisotopic (exact) mass is 260 g/mol. The molecule has 0 bridgehead atoms. The molecule has 106 valence electrons. The smallest absolute Gasteiger partial charge is 0.0374 e. The highest BCUT2D eigenvalue weighted by atomic mass is 15.3. The summed E-state index contributed by atoms with van der Waals surface area (Å²) in [5.41, 5.74) is 8.02. The summed E-state index contributed by atoms with van der Waals surface area (Å²) in [5, 5.41) is 0. The van der Waals surface area contributed by atoms with Gasteiger partial charge in [0.05, 0.1) is 0 Å². The van der Waals surface area contributed by atoms with Gasteiger partial charge in [-0.15, -0.1) is 0 Å². The van der Waals surface area contributed by atoms with Crippen molar-refractivity contribution < 1.29 is 0 Å². The van der Waals surface area contributed by atoms with E-state index in [0.29, 0.717) is 0 Å². The quantitative estimate of drug-likeness (QED) is 0.881. The molecule has 2 N–H and O–H groups in total. The summed E-state index contributed by atoms with van der Waals surface area (Å²) >= 11 is 0. The topological polar surface area (TPSA) is 29.3 Å². The molecule has 0 radical (unpaired) electrons. The fraction of sp³-hybridized carbons (Fsp3) is 0.647. The SMILES string of the molecule is CCC(CN)(Cc1ccccc1)N1CCCC1(C)C. The molecule has 1 saturated heterocycles. The van der Waals surface area contributed by atoms with Crippen LogP contribution >= 0.6 is 0 Å². The highest BCUT2D eigenvalue weighted by Crippen LogP contribution is 2.38. The van der Waals surface area contributed by atoms with Crippen LogP contribution in [0.3, 0.4) is 0 Å². The molecule has 1 atom stereocenters. The fourth-order valence-corrected chi connectivity index (χ4v) is 3.70. The van der Waals surface area contributed by atoms with Crippen LogP contribution in [0, 0.1) is 0 Å². The number of nitrogens with zero attached hydrogens (tertiary/aromatic N) is 1. The molecule has 1 aromatic carbocycles. The lowest BCUT2D eigenvalue weighted by atomic mass is 9.83. The lowest BCUT2D eigenvalue weighted by molar-refractivity contribution is 0.0314. The normalized spacial score (nSPS) is 22.3. The summed E-state index contributed by atoms with van der Waals surface area (Å²) < 4.78 is 0. The maximum absolute atomic E-state index is 6.23. The van der Waals surface area contributed by atoms with Crippen molar-refractivity contribution in [2.75, 3.05) is 13.1 Å². The largest absolute Gasteiger partial charge is 0.329 e. The average molecular weight is 260 g/mol. The van der Waals surface area contributed by atoms with Crippen LogP contribution in [0.2, 0.25) is 0 Å². The van der Waals surface area contributed by atoms with Crippen LogP contribution in [-0.2, 0) is 6.42 Å². The number of likely N-dealkylation sites (tertiary alicyclic amines) is 1. The lowest BCUT2D eigenvalue weighted by Gasteiger charge is -2.48. The zero-order valence-electron chi connectivity index (χ0n) is 12.7. The van der Waals surface area contributed by atoms with Crippen LogP contribution in [0.15, 0.2) is 30.3 Å². The van der Waals surface area contributed by atoms with Crippen LogP contribution in [0.1, 0.15) is 45.6 Å². The first-order chi connectivity index (χ1) is 9.04. The molecule has 2 rings (SSSR count). The van der Waals surface area contributed by atoms with Gasteiger partial charge in [0.15, 0.2) is 0 Å². The maximum Gasteiger partial charge on any atom is 0.0374 e. The van der Waals surface area contributed by atoms with Crippen molar-refractivity contribution in [3.8, 4) is 0 Å². The molecule has 1 heterocycles. The van der Waals surface area contributed by atoms with Crippen LogP contribution in [0.4, 0.5) is 0 Å². The molecule has 1 aromatic rings. The molecule has 0 spiro atoms. The Morgan fingerprint density at radius 1 is 1.26 bits per heavy atom. The van der Waals surface area contributed by atoms with Crippen molar-refractivity contribution in [2.24, 2.45) is 5.73 Å². The highest BCUT2D eigenvalue weighted by Gasteiger charge is 2.44. The molecule has 1 aliphatic rings. The summed E-state index contributed by atoms with van der Waals surface area (Å²) in [6, 6.07) is 10.8. The first-order valence-electron chi connectivity index (χ1n) is 7.56. The number of hydrogen-bond acceptors (Lipinski definition) is 2. The molecule has 1 aliphatic heterocycles. The third-order valence-electron chi connectivity index (χ3n) is 4.89. The Labute approximate surface area is 118 Å². The van der Waals surface area contributed by atoms with E-state index in [4.69, 9.17) is 5.73 Å². The maximum atomic E-state index is 6.23. The zero-order chi connectivity index (χ0) is 13.9. The third-order valence-corrected chi connectivity index (χ3v) is 4.89. The second-order valence-electron chi connectivity index (χ2n) is 6.51. The second kappa shape index (κ2) is 5.64. The van der Waals surface area contributed by atoms with E-state index in [0.717, 1.165) is 19.4 Å². The van der Waals surface area contributed by atoms with E-state index in [1.807, 2.05) is 0 Å². The molecule has 1 unspecified atom stereocenters. The van der Waals surface area contributed by atoms with E-state index >= 15 is 0 Å². The molecule has 2 nitrogen and oxygen atoms in total. The van der Waals surface area contributed by atoms with Crippen LogP contribution < -0.4 is 5.73 Å². The van der Waals surface area contributed by atoms with Crippen LogP contribution in [0.25, 0.3) is 0 Å². The minimum Gasteiger partial charge on any atom is -0.329 e. The van der Waals surface area contributed by atoms with Crippen molar-refractivity contribution in [3.63, 3.8) is 0 Å². The molecule has 19 heavy (non-hydrogen) atoms. The van der Waals surface area contributed by atoms with Crippen molar-refractivity contribution >= 4 is 0 Å². The predicted molar refractivity (Wildman–Crippen MR) is 82.2 cm³/mol. The van der Waals surface area contributed by atoms with Gasteiger partial charge in [-0.1, -0.05) is 37.3 Å². The minimum atomic E-state index is 0.112. The van der Waals surface area contributed by atoms with Crippen LogP contribution in [0.5, 0.6) is 0 Å². The van der Waals surface area contributed by atoms with Gasteiger partial charge in [-0.2, -0.15) is 0 Å². The van der Waals surface area contributed by atoms with Gasteiger partial charge in [0, 0.05) is 17.6 Å². The summed E-state index contributed by atoms with van der Waals surface area (Å²) in [6.45, 7) is 8.94. The first kappa shape index (κ1) is 14.5. The Balaban J connectivity index is 2.27. The number of hydrogen-bond donors (Lipinski definition) is 1. The minimum absolute atomic E-state index is 0.112. The number of benzene rings is 1. The van der Waals surface area contributed by atoms with Crippen LogP contribution in [-0.4, -0.2) is 29.1 Å². The van der Waals surface area contributed by atoms with Gasteiger partial charge in [-0.25, -0.2) is 0 Å². The van der Waals surface area contributed by atoms with Gasteiger partial charge < -0.3 is 5.73 Å². The lowest BCUT2D eigenvalue weighted by Crippen LogP contribution is -2.60. The van der Waals surface area contributed by atoms with Crippen molar-refractivity contribution in [2.45, 2.75) is 57.5 Å². The summed E-state index contributed by atoms with van der Waals surface area (Å²) in [6.07, 6.45) is 4.75. The Kier molecular flexibility index (Phi) is 4.32. The van der Waals surface area contributed by atoms with Crippen molar-refractivity contribution in [1.82, 2.24) is 4.90 Å². The number of rotatable bonds is 5. The predicted octanol–water partition coefficient (Wildman–Crippen LogP) is 3.21. The van der Waals surface area contributed by atoms with E-state index in [1.54, 1.807) is 0 Å². The van der Waals surface area contributed by atoms with E-state index in [2.05, 4.69) is 56.0 Å². The van der Waals surface area contributed by atoms with Gasteiger partial charge in [0.25, 0.3) is 0 Å². The van der Waals surface area contributed by atoms with E-state index in [-0.39, 0.29) is 11.1 Å². The molecular formula is C17H28N2. The standard InChI is InChI=1S/C17H28N2/c1-4-17(14-18,13-15-9-6-5-7-10-15)19-12-8-11-16(19,2)3/h5-7,9-10H,4,8,11-14,18H2,1-3H3. The fourth-order valence-electron chi connectivity index (χ4n) is 3.70. The molecule has 0 aromatic heterocycles. The molecule has 0 amide bonds. The number of nitrogens with two attached hydrogens (primary N) is 1. The summed E-state index contributed by atoms with van der Waals surface area (Å²) in [4.78, 5) is 2.67. The molecule has 0 aliphatic carbocycles. The Bertz CT molecular complexity index is 393. The molecular weight excluding hydrogens is 232 g/mol. The van der Waals surface area contributed by atoms with E-state index in [9.17, 15) is 0 Å². The Hall–Kier alpha value is -0.860. The van der Waals surface area contributed by atoms with E-state index < -0.39 is 0 Å². The zero-order valence-corrected chi connectivity index (χ0v) is 12.7. The summed E-state index contributed by atoms with van der Waals surface area (Å²) in [5.74, 6) is 0. The van der Waals surface area contributed by atoms with E-state index in [1.165, 1.54) is 24.9 Å². The average Bonchev–Trinajstić information content (AvgIpc) is 2.78. The van der Waals surface area contributed by atoms with Gasteiger partial charge in [-0.05, 0) is 51.6 Å². The molecule has 2 heteroatoms. The van der Waals surface area contributed by atoms with Gasteiger partial charge in [0.1, 0.15) is 0 Å². The van der Waals surface area contributed by atoms with Crippen molar-refractivity contribution in [3.05, 3.63) is 35.9 Å². The molecule has 0 saturated carbocycles. The highest BCUT2D eigenvalue weighted by molar-refractivity contribution is 5.19. The summed E-state index contributed by atoms with van der Waals surface area (Å²) in [7, 11) is 0. The first-order valence-corrected chi connectivity index (χ1v) is 7.56. The van der Waals surface area contributed by atoms with Gasteiger partial charge >= 0.3 is 0 Å². The third kappa shape index (κ3) is 2.85. The molecule has 1 fully saturated rings. The van der Waals surface area contributed by atoms with Gasteiger partial charge in [0.2, 0.25) is 0 Å².